The summed E-state index contributed by atoms with van der Waals surface area (Å²) in [5, 5.41) is 23.9. The molecule has 0 bridgehead atoms. The molecule has 104 valence electrons. The minimum Gasteiger partial charge on any atom is -0.508 e. The highest BCUT2D eigenvalue weighted by Gasteiger charge is 2.07. The number of carbonyl (C=O) groups is 1. The molecule has 0 aliphatic carbocycles. The van der Waals surface area contributed by atoms with Crippen molar-refractivity contribution in [1.82, 2.24) is 0 Å². The number of anilines is 3. The average Bonchev–Trinajstić information content (AvgIpc) is 2.31. The van der Waals surface area contributed by atoms with E-state index in [9.17, 15) is 15.0 Å². The van der Waals surface area contributed by atoms with E-state index in [2.05, 4.69) is 10.6 Å². The number of carbonyl (C=O) groups excluding carboxylic acids is 1. The van der Waals surface area contributed by atoms with E-state index in [1.807, 2.05) is 0 Å². The lowest BCUT2D eigenvalue weighted by atomic mass is 10.2. The molecule has 2 rings (SSSR count). The van der Waals surface area contributed by atoms with Crippen LogP contribution in [0.25, 0.3) is 0 Å². The third kappa shape index (κ3) is 3.46. The smallest absolute Gasteiger partial charge is 0.323 e. The van der Waals surface area contributed by atoms with Crippen molar-refractivity contribution in [2.45, 2.75) is 0 Å². The number of aromatic hydroxyl groups is 2. The molecule has 0 aliphatic rings. The van der Waals surface area contributed by atoms with E-state index in [1.165, 1.54) is 18.2 Å². The molecule has 0 aliphatic heterocycles. The van der Waals surface area contributed by atoms with Crippen LogP contribution in [0.3, 0.4) is 0 Å². The van der Waals surface area contributed by atoms with Crippen molar-refractivity contribution < 1.29 is 15.0 Å². The van der Waals surface area contributed by atoms with Crippen molar-refractivity contribution in [1.29, 1.82) is 0 Å². The van der Waals surface area contributed by atoms with Crippen LogP contribution in [0.2, 0.25) is 5.02 Å². The molecular formula is C13H12ClN3O3. The third-order valence-electron chi connectivity index (χ3n) is 2.40. The molecule has 7 heteroatoms. The Morgan fingerprint density at radius 1 is 1.05 bits per heavy atom. The fourth-order valence-corrected chi connectivity index (χ4v) is 1.82. The zero-order valence-corrected chi connectivity index (χ0v) is 11.0. The van der Waals surface area contributed by atoms with Gasteiger partial charge < -0.3 is 26.6 Å². The Kier molecular flexibility index (Phi) is 3.86. The number of urea groups is 1. The molecule has 6 N–H and O–H groups in total. The van der Waals surface area contributed by atoms with E-state index >= 15 is 0 Å². The van der Waals surface area contributed by atoms with Crippen molar-refractivity contribution in [2.24, 2.45) is 0 Å². The Morgan fingerprint density at radius 3 is 2.30 bits per heavy atom. The minimum absolute atomic E-state index is 0.161. The van der Waals surface area contributed by atoms with Crippen LogP contribution in [0.5, 0.6) is 11.5 Å². The van der Waals surface area contributed by atoms with Gasteiger partial charge in [-0.1, -0.05) is 11.6 Å². The second kappa shape index (κ2) is 5.58. The maximum absolute atomic E-state index is 11.8. The van der Waals surface area contributed by atoms with Crippen molar-refractivity contribution >= 4 is 34.7 Å². The summed E-state index contributed by atoms with van der Waals surface area (Å²) in [4.78, 5) is 11.8. The molecule has 0 atom stereocenters. The molecule has 2 aromatic rings. The van der Waals surface area contributed by atoms with Crippen LogP contribution in [-0.2, 0) is 0 Å². The molecule has 0 aromatic heterocycles. The predicted octanol–water partition coefficient (Wildman–Crippen LogP) is 2.98. The maximum Gasteiger partial charge on any atom is 0.323 e. The van der Waals surface area contributed by atoms with E-state index in [4.69, 9.17) is 17.3 Å². The Balaban J connectivity index is 2.09. The van der Waals surface area contributed by atoms with Crippen molar-refractivity contribution in [3.05, 3.63) is 41.4 Å². The van der Waals surface area contributed by atoms with Gasteiger partial charge in [0.25, 0.3) is 0 Å². The third-order valence-corrected chi connectivity index (χ3v) is 2.71. The number of phenols is 2. The summed E-state index contributed by atoms with van der Waals surface area (Å²) in [6.07, 6.45) is 0. The first kappa shape index (κ1) is 13.8. The molecule has 0 radical (unpaired) electrons. The Morgan fingerprint density at radius 2 is 1.70 bits per heavy atom. The Labute approximate surface area is 119 Å². The van der Waals surface area contributed by atoms with E-state index in [0.29, 0.717) is 16.4 Å². The van der Waals surface area contributed by atoms with Gasteiger partial charge in [-0.3, -0.25) is 0 Å². The van der Waals surface area contributed by atoms with Crippen LogP contribution < -0.4 is 16.4 Å². The van der Waals surface area contributed by atoms with Crippen molar-refractivity contribution in [3.63, 3.8) is 0 Å². The number of halogens is 1. The molecular weight excluding hydrogens is 282 g/mol. The molecule has 0 spiro atoms. The van der Waals surface area contributed by atoms with Gasteiger partial charge in [-0.15, -0.1) is 0 Å². The predicted molar refractivity (Wildman–Crippen MR) is 78.3 cm³/mol. The van der Waals surface area contributed by atoms with Crippen LogP contribution in [0, 0.1) is 0 Å². The van der Waals surface area contributed by atoms with Gasteiger partial charge in [-0.2, -0.15) is 0 Å². The van der Waals surface area contributed by atoms with E-state index in [-0.39, 0.29) is 17.2 Å². The largest absolute Gasteiger partial charge is 0.508 e. The highest BCUT2D eigenvalue weighted by Crippen LogP contribution is 2.26. The monoisotopic (exact) mass is 293 g/mol. The Hall–Kier alpha value is -2.60. The van der Waals surface area contributed by atoms with Gasteiger partial charge in [0.05, 0.1) is 10.7 Å². The van der Waals surface area contributed by atoms with Gasteiger partial charge in [0.1, 0.15) is 11.5 Å². The fourth-order valence-electron chi connectivity index (χ4n) is 1.58. The number of nitrogens with two attached hydrogens (primary N) is 1. The minimum atomic E-state index is -0.568. The zero-order valence-electron chi connectivity index (χ0n) is 10.2. The second-order valence-electron chi connectivity index (χ2n) is 4.06. The van der Waals surface area contributed by atoms with Crippen LogP contribution in [-0.4, -0.2) is 16.2 Å². The van der Waals surface area contributed by atoms with Crippen LogP contribution >= 0.6 is 11.6 Å². The zero-order chi connectivity index (χ0) is 14.7. The lowest BCUT2D eigenvalue weighted by molar-refractivity contribution is 0.262. The Bertz CT molecular complexity index is 641. The molecule has 20 heavy (non-hydrogen) atoms. The molecule has 6 nitrogen and oxygen atoms in total. The van der Waals surface area contributed by atoms with Gasteiger partial charge in [-0.25, -0.2) is 4.79 Å². The number of hydrogen-bond acceptors (Lipinski definition) is 4. The summed E-state index contributed by atoms with van der Waals surface area (Å²) in [6, 6.07) is 7.85. The standard InChI is InChI=1S/C13H12ClN3O3/c14-11-3-7(15)1-2-12(11)17-13(20)16-8-4-9(18)6-10(19)5-8/h1-6,18-19H,15H2,(H2,16,17,20). The molecule has 2 aromatic carbocycles. The maximum atomic E-state index is 11.8. The highest BCUT2D eigenvalue weighted by molar-refractivity contribution is 6.34. The van der Waals surface area contributed by atoms with E-state index < -0.39 is 6.03 Å². The number of phenolic OH excluding ortho intramolecular Hbond substituents is 2. The molecule has 0 fully saturated rings. The molecule has 0 heterocycles. The topological polar surface area (TPSA) is 108 Å². The van der Waals surface area contributed by atoms with Gasteiger partial charge >= 0.3 is 6.03 Å². The van der Waals surface area contributed by atoms with Crippen LogP contribution in [0.4, 0.5) is 21.9 Å². The lowest BCUT2D eigenvalue weighted by Gasteiger charge is -2.10. The molecule has 0 unspecified atom stereocenters. The quantitative estimate of drug-likeness (QED) is 0.549. The van der Waals surface area contributed by atoms with E-state index in [1.54, 1.807) is 12.1 Å². The first-order chi connectivity index (χ1) is 9.44. The van der Waals surface area contributed by atoms with Gasteiger partial charge in [-0.05, 0) is 18.2 Å². The first-order valence-electron chi connectivity index (χ1n) is 5.60. The van der Waals surface area contributed by atoms with Crippen LogP contribution in [0.1, 0.15) is 0 Å². The average molecular weight is 294 g/mol. The normalized spacial score (nSPS) is 10.1. The summed E-state index contributed by atoms with van der Waals surface area (Å²) in [7, 11) is 0. The fraction of sp³-hybridized carbons (Fsp3) is 0. The number of benzene rings is 2. The highest BCUT2D eigenvalue weighted by atomic mass is 35.5. The number of nitrogen functional groups attached to an aromatic ring is 1. The summed E-state index contributed by atoms with van der Waals surface area (Å²) in [5.74, 6) is -0.323. The SMILES string of the molecule is Nc1ccc(NC(=O)Nc2cc(O)cc(O)c2)c(Cl)c1. The van der Waals surface area contributed by atoms with E-state index in [0.717, 1.165) is 6.07 Å². The number of amides is 2. The van der Waals surface area contributed by atoms with Gasteiger partial charge in [0.15, 0.2) is 0 Å². The summed E-state index contributed by atoms with van der Waals surface area (Å²) < 4.78 is 0. The summed E-state index contributed by atoms with van der Waals surface area (Å²) >= 11 is 5.92. The lowest BCUT2D eigenvalue weighted by Crippen LogP contribution is -2.19. The van der Waals surface area contributed by atoms with Gasteiger partial charge in [0, 0.05) is 29.6 Å². The summed E-state index contributed by atoms with van der Waals surface area (Å²) in [5.41, 5.74) is 6.67. The second-order valence-corrected chi connectivity index (χ2v) is 4.46. The number of rotatable bonds is 2. The van der Waals surface area contributed by atoms with Gasteiger partial charge in [0.2, 0.25) is 0 Å². The molecule has 2 amide bonds. The number of hydrogen-bond donors (Lipinski definition) is 5. The van der Waals surface area contributed by atoms with Crippen molar-refractivity contribution in [3.8, 4) is 11.5 Å². The molecule has 0 saturated heterocycles. The first-order valence-corrected chi connectivity index (χ1v) is 5.98. The molecule has 0 saturated carbocycles. The van der Waals surface area contributed by atoms with Crippen LogP contribution in [0.15, 0.2) is 36.4 Å². The number of nitrogens with one attached hydrogen (secondary N) is 2. The van der Waals surface area contributed by atoms with Crippen molar-refractivity contribution in [2.75, 3.05) is 16.4 Å². The summed E-state index contributed by atoms with van der Waals surface area (Å²) in [6.45, 7) is 0.